The van der Waals surface area contributed by atoms with Gasteiger partial charge in [-0.2, -0.15) is 0 Å². The Morgan fingerprint density at radius 1 is 0.263 bits per heavy atom. The maximum Gasteiger partial charge on any atom is 0.155 e. The van der Waals surface area contributed by atoms with Crippen molar-refractivity contribution in [2.75, 3.05) is 9.80 Å². The van der Waals surface area contributed by atoms with Crippen LogP contribution in [-0.4, -0.2) is 0 Å². The third kappa shape index (κ3) is 7.53. The lowest BCUT2D eigenvalue weighted by atomic mass is 9.91. The van der Waals surface area contributed by atoms with Crippen LogP contribution in [0.2, 0.25) is 0 Å². The number of hydrogen-bond acceptors (Lipinski definition) is 2. The first-order valence-electron chi connectivity index (χ1n) is 33.6. The van der Waals surface area contributed by atoms with E-state index in [-0.39, 0.29) is 33.6 Å². The molecule has 358 valence electrons. The molecule has 0 spiro atoms. The Morgan fingerprint density at radius 2 is 0.645 bits per heavy atom. The number of halogens is 2. The smallest absolute Gasteiger partial charge is 0.155 e. The third-order valence-corrected chi connectivity index (χ3v) is 13.9. The average Bonchev–Trinajstić information content (AvgIpc) is 0.719. The highest BCUT2D eigenvalue weighted by Gasteiger charge is 2.28. The Morgan fingerprint density at radius 3 is 1.13 bits per heavy atom. The standard InChI is InChI=1S/C72H46F2N2/c73-71-61(51-23-9-3-10-24-51)43-55(47-19-5-1-6-20-47)45-67(71)75(63-33-17-29-49-27-13-15-31-57(49)63)65-41-37-53-36-40-60-66(42-38-54-35-39-59(65)69(53)70(54)60)76(64-34-18-30-50-28-14-16-32-58(50)64)68-46-56(48-21-7-2-8-22-48)44-62(72(68)74)52-25-11-4-12-26-52/h1-46H/i1D,2D,3D,4D,5D,6D,7D,8D,9D,10D,11D,12D,19D,20D,21D,23D,24D,25D,26D. The molecule has 14 aromatic rings. The van der Waals surface area contributed by atoms with Crippen molar-refractivity contribution in [3.8, 4) is 44.5 Å². The maximum atomic E-state index is 19.0. The lowest BCUT2D eigenvalue weighted by molar-refractivity contribution is 0.632. The average molecular weight is 996 g/mol. The summed E-state index contributed by atoms with van der Waals surface area (Å²) in [4.78, 5) is 3.21. The van der Waals surface area contributed by atoms with Crippen molar-refractivity contribution in [3.63, 3.8) is 0 Å². The van der Waals surface area contributed by atoms with Crippen molar-refractivity contribution in [1.29, 1.82) is 0 Å². The first-order chi connectivity index (χ1) is 45.4. The van der Waals surface area contributed by atoms with Crippen molar-refractivity contribution < 1.29 is 34.8 Å². The number of fused-ring (bicyclic) bond motifs is 2. The van der Waals surface area contributed by atoms with Crippen LogP contribution in [0.4, 0.5) is 42.9 Å². The van der Waals surface area contributed by atoms with Crippen LogP contribution in [0.25, 0.3) is 98.4 Å². The molecule has 14 aromatic carbocycles. The number of hydrogen-bond donors (Lipinski definition) is 0. The predicted molar refractivity (Wildman–Crippen MR) is 316 cm³/mol. The Hall–Kier alpha value is -9.90. The second-order valence-electron chi connectivity index (χ2n) is 18.1. The fraction of sp³-hybridized carbons (Fsp3) is 0. The van der Waals surface area contributed by atoms with Gasteiger partial charge in [-0.25, -0.2) is 8.78 Å². The van der Waals surface area contributed by atoms with E-state index >= 15 is 8.78 Å². The van der Waals surface area contributed by atoms with E-state index in [0.717, 1.165) is 11.5 Å². The van der Waals surface area contributed by atoms with E-state index in [1.807, 2.05) is 84.9 Å². The van der Waals surface area contributed by atoms with E-state index in [1.54, 1.807) is 58.3 Å². The van der Waals surface area contributed by atoms with Crippen molar-refractivity contribution in [2.45, 2.75) is 0 Å². The van der Waals surface area contributed by atoms with Crippen LogP contribution >= 0.6 is 0 Å². The Bertz CT molecular complexity index is 5590. The third-order valence-electron chi connectivity index (χ3n) is 13.9. The van der Waals surface area contributed by atoms with Crippen LogP contribution in [0.3, 0.4) is 0 Å². The zero-order chi connectivity index (χ0) is 67.2. The van der Waals surface area contributed by atoms with Gasteiger partial charge in [0.05, 0.1) is 60.2 Å². The topological polar surface area (TPSA) is 6.48 Å². The molecule has 0 saturated heterocycles. The molecule has 0 atom stereocenters. The zero-order valence-electron chi connectivity index (χ0n) is 58.7. The Kier molecular flexibility index (Phi) is 7.10. The van der Waals surface area contributed by atoms with E-state index in [9.17, 15) is 2.74 Å². The molecule has 0 aliphatic rings. The minimum absolute atomic E-state index is 0.00827. The summed E-state index contributed by atoms with van der Waals surface area (Å²) in [6.45, 7) is 0. The molecule has 0 heterocycles. The van der Waals surface area contributed by atoms with Crippen LogP contribution in [0.1, 0.15) is 26.0 Å². The van der Waals surface area contributed by atoms with Crippen LogP contribution in [-0.2, 0) is 0 Å². The molecular formula is C72H46F2N2. The largest absolute Gasteiger partial charge is 0.306 e. The molecule has 4 heteroatoms. The van der Waals surface area contributed by atoms with Crippen molar-refractivity contribution in [1.82, 2.24) is 0 Å². The molecule has 0 saturated carbocycles. The van der Waals surface area contributed by atoms with Crippen molar-refractivity contribution >= 4 is 88.0 Å². The lowest BCUT2D eigenvalue weighted by Crippen LogP contribution is -2.14. The van der Waals surface area contributed by atoms with Gasteiger partial charge in [-0.05, 0) is 114 Å². The summed E-state index contributed by atoms with van der Waals surface area (Å²) in [5, 5.41) is 6.12. The molecular weight excluding hydrogens is 931 g/mol. The van der Waals surface area contributed by atoms with E-state index < -0.39 is 149 Å². The second kappa shape index (κ2) is 18.5. The van der Waals surface area contributed by atoms with Crippen molar-refractivity contribution in [3.05, 3.63) is 290 Å². The highest BCUT2D eigenvalue weighted by molar-refractivity contribution is 6.28. The van der Waals surface area contributed by atoms with E-state index in [1.165, 1.54) is 24.3 Å². The van der Waals surface area contributed by atoms with Gasteiger partial charge in [0.1, 0.15) is 0 Å². The number of benzene rings is 14. The van der Waals surface area contributed by atoms with E-state index in [0.29, 0.717) is 71.2 Å². The van der Waals surface area contributed by atoms with Gasteiger partial charge in [-0.3, -0.25) is 0 Å². The SMILES string of the molecule is [2H]c1cc(-c2cc(-c3c([2H])c([2H])c([2H])c([2H])c3[2H])c(F)c(N(c3cccc4ccccc34)c3ccc4ccc5c(N(c6cc(-c7c([2H])c([2H])c([2H])c([2H])c7[2H])cc(-c7c([2H])c([2H])c([2H])c([2H])c7[2H])c6F)c6cccc7ccccc67)ccc6ccc3c4c65)c2)c([2H])c([2H])c1[2H]. The maximum absolute atomic E-state index is 19.0. The summed E-state index contributed by atoms with van der Waals surface area (Å²) in [5.41, 5.74) is -1.86. The minimum atomic E-state index is -1.11. The molecule has 76 heavy (non-hydrogen) atoms. The monoisotopic (exact) mass is 995 g/mol. The molecule has 2 nitrogen and oxygen atoms in total. The van der Waals surface area contributed by atoms with E-state index in [2.05, 4.69) is 0 Å². The van der Waals surface area contributed by atoms with Gasteiger partial charge in [0.25, 0.3) is 0 Å². The minimum Gasteiger partial charge on any atom is -0.306 e. The molecule has 0 radical (unpaired) electrons. The van der Waals surface area contributed by atoms with Gasteiger partial charge >= 0.3 is 0 Å². The van der Waals surface area contributed by atoms with Gasteiger partial charge in [0, 0.05) is 32.7 Å². The Balaban J connectivity index is 1.10. The zero-order valence-corrected chi connectivity index (χ0v) is 39.7. The fourth-order valence-corrected chi connectivity index (χ4v) is 10.6. The second-order valence-corrected chi connectivity index (χ2v) is 18.1. The summed E-state index contributed by atoms with van der Waals surface area (Å²) in [5.74, 6) is -2.17. The van der Waals surface area contributed by atoms with Crippen molar-refractivity contribution in [2.24, 2.45) is 0 Å². The molecule has 0 aliphatic carbocycles. The Labute approximate surface area is 466 Å². The van der Waals surface area contributed by atoms with Crippen LogP contribution < -0.4 is 9.80 Å². The summed E-state index contributed by atoms with van der Waals surface area (Å²) in [7, 11) is 0. The molecule has 0 bridgehead atoms. The molecule has 0 N–H and O–H groups in total. The number of anilines is 6. The van der Waals surface area contributed by atoms with Gasteiger partial charge in [-0.15, -0.1) is 0 Å². The summed E-state index contributed by atoms with van der Waals surface area (Å²) >= 11 is 0. The highest BCUT2D eigenvalue weighted by Crippen LogP contribution is 2.52. The molecule has 0 fully saturated rings. The lowest BCUT2D eigenvalue weighted by Gasteiger charge is -2.31. The number of nitrogens with zero attached hydrogens (tertiary/aromatic N) is 2. The molecule has 0 unspecified atom stereocenters. The first-order valence-corrected chi connectivity index (χ1v) is 24.1. The fourth-order valence-electron chi connectivity index (χ4n) is 10.6. The van der Waals surface area contributed by atoms with Crippen LogP contribution in [0.15, 0.2) is 279 Å². The highest BCUT2D eigenvalue weighted by atomic mass is 19.1. The predicted octanol–water partition coefficient (Wildman–Crippen LogP) is 20.8. The molecule has 14 rings (SSSR count). The van der Waals surface area contributed by atoms with E-state index in [4.69, 9.17) is 23.3 Å². The summed E-state index contributed by atoms with van der Waals surface area (Å²) in [6.07, 6.45) is 0. The van der Waals surface area contributed by atoms with Gasteiger partial charge < -0.3 is 9.80 Å². The summed E-state index contributed by atoms with van der Waals surface area (Å²) in [6, 6.07) is 33.2. The summed E-state index contributed by atoms with van der Waals surface area (Å²) < 4.78 is 206. The molecule has 0 aromatic heterocycles. The normalized spacial score (nSPS) is 15.1. The van der Waals surface area contributed by atoms with Crippen LogP contribution in [0.5, 0.6) is 0 Å². The molecule has 0 aliphatic heterocycles. The van der Waals surface area contributed by atoms with Crippen LogP contribution in [0, 0.1) is 11.6 Å². The van der Waals surface area contributed by atoms with Gasteiger partial charge in [0.2, 0.25) is 0 Å². The first kappa shape index (κ1) is 29.1. The number of rotatable bonds is 10. The quantitative estimate of drug-likeness (QED) is 0.126. The molecule has 0 amide bonds. The van der Waals surface area contributed by atoms with Gasteiger partial charge in [-0.1, -0.05) is 230 Å². The van der Waals surface area contributed by atoms with Gasteiger partial charge in [0.15, 0.2) is 11.6 Å².